The number of rotatable bonds is 3. The number of carbonyl (C=O) groups excluding carboxylic acids is 1. The molecule has 1 amide bonds. The van der Waals surface area contributed by atoms with Gasteiger partial charge in [0.2, 0.25) is 0 Å². The van der Waals surface area contributed by atoms with E-state index in [1.807, 2.05) is 6.07 Å². The quantitative estimate of drug-likeness (QED) is 0.900. The monoisotopic (exact) mass is 290 g/mol. The average molecular weight is 291 g/mol. The van der Waals surface area contributed by atoms with Gasteiger partial charge in [-0.15, -0.1) is 0 Å². The molecule has 1 aromatic carbocycles. The maximum absolute atomic E-state index is 11.3. The van der Waals surface area contributed by atoms with Gasteiger partial charge in [0.25, 0.3) is 5.91 Å². The lowest BCUT2D eigenvalue weighted by atomic mass is 10.2. The van der Waals surface area contributed by atoms with Crippen LogP contribution < -0.4 is 5.32 Å². The van der Waals surface area contributed by atoms with Gasteiger partial charge in [0.15, 0.2) is 5.82 Å². The van der Waals surface area contributed by atoms with Crippen molar-refractivity contribution in [3.63, 3.8) is 0 Å². The number of aromatic nitrogens is 2. The number of amides is 1. The summed E-state index contributed by atoms with van der Waals surface area (Å²) >= 11 is 6.07. The number of anilines is 1. The fourth-order valence-corrected chi connectivity index (χ4v) is 1.78. The molecule has 0 saturated heterocycles. The molecule has 0 aliphatic rings. The number of hydrogen-bond acceptors (Lipinski definition) is 4. The Morgan fingerprint density at radius 1 is 1.55 bits per heavy atom. The van der Waals surface area contributed by atoms with Crippen molar-refractivity contribution in [2.45, 2.75) is 13.0 Å². The third kappa shape index (κ3) is 2.96. The van der Waals surface area contributed by atoms with Gasteiger partial charge in [0.1, 0.15) is 6.10 Å². The first-order chi connectivity index (χ1) is 9.51. The highest BCUT2D eigenvalue weighted by Crippen LogP contribution is 2.22. The zero-order valence-corrected chi connectivity index (χ0v) is 11.3. The van der Waals surface area contributed by atoms with Crippen LogP contribution in [0.5, 0.6) is 0 Å². The van der Waals surface area contributed by atoms with Gasteiger partial charge in [-0.2, -0.15) is 10.4 Å². The van der Waals surface area contributed by atoms with Crippen LogP contribution in [0.4, 0.5) is 5.82 Å². The number of nitrogens with one attached hydrogen (secondary N) is 1. The minimum Gasteiger partial charge on any atom is -0.384 e. The summed E-state index contributed by atoms with van der Waals surface area (Å²) in [7, 11) is 0. The zero-order valence-electron chi connectivity index (χ0n) is 10.5. The highest BCUT2D eigenvalue weighted by Gasteiger charge is 2.11. The summed E-state index contributed by atoms with van der Waals surface area (Å²) in [5.41, 5.74) is 1.04. The molecule has 1 aromatic heterocycles. The molecule has 0 aliphatic heterocycles. The SMILES string of the molecule is C[C@@H](O)C(=O)Nc1ccn(-c2ccc(C#N)cc2Cl)n1. The van der Waals surface area contributed by atoms with Crippen LogP contribution in [0.15, 0.2) is 30.5 Å². The molecular weight excluding hydrogens is 280 g/mol. The first kappa shape index (κ1) is 14.1. The maximum Gasteiger partial charge on any atom is 0.254 e. The number of nitriles is 1. The number of aliphatic hydroxyl groups excluding tert-OH is 1. The molecule has 0 aliphatic carbocycles. The van der Waals surface area contributed by atoms with E-state index in [1.165, 1.54) is 17.7 Å². The summed E-state index contributed by atoms with van der Waals surface area (Å²) in [6.45, 7) is 1.36. The van der Waals surface area contributed by atoms with Crippen LogP contribution in [0.25, 0.3) is 5.69 Å². The number of nitrogens with zero attached hydrogens (tertiary/aromatic N) is 3. The summed E-state index contributed by atoms with van der Waals surface area (Å²) in [4.78, 5) is 11.3. The standard InChI is InChI=1S/C13H11ClN4O2/c1-8(19)13(20)16-12-4-5-18(17-12)11-3-2-9(7-15)6-10(11)14/h2-6,8,19H,1H3,(H,16,17,20)/t8-/m1/s1. The van der Waals surface area contributed by atoms with Crippen LogP contribution in [0.3, 0.4) is 0 Å². The predicted molar refractivity (Wildman–Crippen MR) is 73.6 cm³/mol. The van der Waals surface area contributed by atoms with E-state index in [1.54, 1.807) is 24.4 Å². The van der Waals surface area contributed by atoms with Gasteiger partial charge >= 0.3 is 0 Å². The van der Waals surface area contributed by atoms with Crippen LogP contribution in [0.2, 0.25) is 5.02 Å². The summed E-state index contributed by atoms with van der Waals surface area (Å²) in [5, 5.41) is 24.8. The largest absolute Gasteiger partial charge is 0.384 e. The number of benzene rings is 1. The lowest BCUT2D eigenvalue weighted by molar-refractivity contribution is -0.123. The Balaban J connectivity index is 2.25. The van der Waals surface area contributed by atoms with E-state index in [9.17, 15) is 4.79 Å². The summed E-state index contributed by atoms with van der Waals surface area (Å²) in [6.07, 6.45) is 0.504. The molecule has 2 N–H and O–H groups in total. The van der Waals surface area contributed by atoms with Crippen LogP contribution in [0.1, 0.15) is 12.5 Å². The van der Waals surface area contributed by atoms with Crippen LogP contribution in [0, 0.1) is 11.3 Å². The van der Waals surface area contributed by atoms with Crippen molar-refractivity contribution in [1.82, 2.24) is 9.78 Å². The molecule has 0 saturated carbocycles. The molecule has 2 aromatic rings. The van der Waals surface area contributed by atoms with Crippen LogP contribution in [-0.4, -0.2) is 26.9 Å². The number of aliphatic hydroxyl groups is 1. The molecule has 0 unspecified atom stereocenters. The Bertz CT molecular complexity index is 688. The van der Waals surface area contributed by atoms with E-state index in [4.69, 9.17) is 22.0 Å². The molecular formula is C13H11ClN4O2. The normalized spacial score (nSPS) is 11.7. The lowest BCUT2D eigenvalue weighted by Crippen LogP contribution is -2.24. The highest BCUT2D eigenvalue weighted by molar-refractivity contribution is 6.32. The second-order valence-corrected chi connectivity index (χ2v) is 4.50. The topological polar surface area (TPSA) is 90.9 Å². The van der Waals surface area contributed by atoms with Crippen LogP contribution >= 0.6 is 11.6 Å². The van der Waals surface area contributed by atoms with Gasteiger partial charge in [-0.05, 0) is 25.1 Å². The van der Waals surface area contributed by atoms with Crippen molar-refractivity contribution in [2.24, 2.45) is 0 Å². The molecule has 102 valence electrons. The Kier molecular flexibility index (Phi) is 4.03. The second-order valence-electron chi connectivity index (χ2n) is 4.09. The van der Waals surface area contributed by atoms with E-state index in [-0.39, 0.29) is 0 Å². The van der Waals surface area contributed by atoms with Gasteiger partial charge in [-0.1, -0.05) is 11.6 Å². The lowest BCUT2D eigenvalue weighted by Gasteiger charge is -2.05. The first-order valence-corrected chi connectivity index (χ1v) is 6.13. The van der Waals surface area contributed by atoms with Gasteiger partial charge in [-0.3, -0.25) is 4.79 Å². The fourth-order valence-electron chi connectivity index (χ4n) is 1.52. The van der Waals surface area contributed by atoms with Gasteiger partial charge in [0.05, 0.1) is 22.3 Å². The molecule has 0 bridgehead atoms. The van der Waals surface area contributed by atoms with Gasteiger partial charge in [0, 0.05) is 12.3 Å². The summed E-state index contributed by atoms with van der Waals surface area (Å²) in [6, 6.07) is 8.39. The maximum atomic E-state index is 11.3. The van der Waals surface area contributed by atoms with E-state index >= 15 is 0 Å². The zero-order chi connectivity index (χ0) is 14.7. The molecule has 0 radical (unpaired) electrons. The van der Waals surface area contributed by atoms with Crippen molar-refractivity contribution in [2.75, 3.05) is 5.32 Å². The molecule has 0 spiro atoms. The number of carbonyl (C=O) groups is 1. The van der Waals surface area contributed by atoms with Gasteiger partial charge < -0.3 is 10.4 Å². The molecule has 7 heteroatoms. The minimum absolute atomic E-state index is 0.302. The van der Waals surface area contributed by atoms with Crippen molar-refractivity contribution in [3.8, 4) is 11.8 Å². The molecule has 1 atom stereocenters. The number of halogens is 1. The van der Waals surface area contributed by atoms with Crippen LogP contribution in [-0.2, 0) is 4.79 Å². The third-order valence-electron chi connectivity index (χ3n) is 2.54. The summed E-state index contributed by atoms with van der Waals surface area (Å²) < 4.78 is 1.47. The Hall–Kier alpha value is -2.36. The van der Waals surface area contributed by atoms with E-state index in [0.717, 1.165) is 0 Å². The Morgan fingerprint density at radius 3 is 2.90 bits per heavy atom. The van der Waals surface area contributed by atoms with E-state index < -0.39 is 12.0 Å². The Morgan fingerprint density at radius 2 is 2.30 bits per heavy atom. The first-order valence-electron chi connectivity index (χ1n) is 5.76. The predicted octanol–water partition coefficient (Wildman–Crippen LogP) is 1.72. The highest BCUT2D eigenvalue weighted by atomic mass is 35.5. The second kappa shape index (κ2) is 5.74. The number of hydrogen-bond donors (Lipinski definition) is 2. The molecule has 20 heavy (non-hydrogen) atoms. The molecule has 0 fully saturated rings. The van der Waals surface area contributed by atoms with Crippen molar-refractivity contribution < 1.29 is 9.90 Å². The summed E-state index contributed by atoms with van der Waals surface area (Å²) in [5.74, 6) is -0.238. The fraction of sp³-hybridized carbons (Fsp3) is 0.154. The van der Waals surface area contributed by atoms with Crippen molar-refractivity contribution >= 4 is 23.3 Å². The smallest absolute Gasteiger partial charge is 0.254 e. The van der Waals surface area contributed by atoms with Gasteiger partial charge in [-0.25, -0.2) is 4.68 Å². The molecule has 6 nitrogen and oxygen atoms in total. The van der Waals surface area contributed by atoms with E-state index in [2.05, 4.69) is 10.4 Å². The average Bonchev–Trinajstić information content (AvgIpc) is 2.86. The third-order valence-corrected chi connectivity index (χ3v) is 2.85. The Labute approximate surface area is 120 Å². The molecule has 1 heterocycles. The minimum atomic E-state index is -1.11. The van der Waals surface area contributed by atoms with Crippen molar-refractivity contribution in [3.05, 3.63) is 41.0 Å². The van der Waals surface area contributed by atoms with E-state index in [0.29, 0.717) is 22.1 Å². The molecule has 2 rings (SSSR count). The van der Waals surface area contributed by atoms with Crippen molar-refractivity contribution in [1.29, 1.82) is 5.26 Å².